The van der Waals surface area contributed by atoms with E-state index in [0.717, 1.165) is 35.3 Å². The van der Waals surface area contributed by atoms with Gasteiger partial charge in [0.05, 0.1) is 11.0 Å². The van der Waals surface area contributed by atoms with Crippen molar-refractivity contribution in [3.05, 3.63) is 65.2 Å². The number of rotatable bonds is 6. The largest absolute Gasteiger partial charge is 0.352 e. The molecular formula is C19H20FN3O. The summed E-state index contributed by atoms with van der Waals surface area (Å²) in [6, 6.07) is 12.8. The lowest BCUT2D eigenvalue weighted by Crippen LogP contribution is -2.22. The number of carbonyl (C=O) groups excluding carboxylic acids is 1. The highest BCUT2D eigenvalue weighted by molar-refractivity contribution is 5.76. The summed E-state index contributed by atoms with van der Waals surface area (Å²) in [5.74, 6) is 0.669. The van der Waals surface area contributed by atoms with Gasteiger partial charge in [0.2, 0.25) is 5.91 Å². The van der Waals surface area contributed by atoms with Crippen molar-refractivity contribution in [2.75, 3.05) is 0 Å². The number of carbonyl (C=O) groups is 1. The number of aryl methyl sites for hydroxylation is 2. The molecular weight excluding hydrogens is 305 g/mol. The Bertz CT molecular complexity index is 824. The third kappa shape index (κ3) is 3.98. The van der Waals surface area contributed by atoms with Gasteiger partial charge in [-0.2, -0.15) is 0 Å². The Labute approximate surface area is 140 Å². The van der Waals surface area contributed by atoms with E-state index in [2.05, 4.69) is 15.3 Å². The van der Waals surface area contributed by atoms with Crippen molar-refractivity contribution < 1.29 is 9.18 Å². The van der Waals surface area contributed by atoms with Gasteiger partial charge in [-0.1, -0.05) is 24.3 Å². The lowest BCUT2D eigenvalue weighted by Gasteiger charge is -2.06. The Morgan fingerprint density at radius 2 is 2.08 bits per heavy atom. The van der Waals surface area contributed by atoms with Crippen LogP contribution in [-0.2, 0) is 17.8 Å². The van der Waals surface area contributed by atoms with Gasteiger partial charge in [-0.25, -0.2) is 9.37 Å². The molecule has 2 N–H and O–H groups in total. The molecule has 0 aliphatic rings. The highest BCUT2D eigenvalue weighted by Gasteiger charge is 2.06. The number of amides is 1. The van der Waals surface area contributed by atoms with Crippen molar-refractivity contribution in [3.63, 3.8) is 0 Å². The number of aromatic nitrogens is 2. The van der Waals surface area contributed by atoms with E-state index in [1.165, 1.54) is 6.07 Å². The monoisotopic (exact) mass is 325 g/mol. The Morgan fingerprint density at radius 1 is 1.25 bits per heavy atom. The summed E-state index contributed by atoms with van der Waals surface area (Å²) < 4.78 is 13.2. The fourth-order valence-corrected chi connectivity index (χ4v) is 2.65. The first-order chi connectivity index (χ1) is 11.6. The first-order valence-electron chi connectivity index (χ1n) is 8.07. The average molecular weight is 325 g/mol. The second-order valence-electron chi connectivity index (χ2n) is 5.91. The maximum atomic E-state index is 13.2. The predicted octanol–water partition coefficient (Wildman–Crippen LogP) is 3.65. The Kier molecular flexibility index (Phi) is 4.89. The molecule has 0 saturated carbocycles. The van der Waals surface area contributed by atoms with Crippen molar-refractivity contribution >= 4 is 16.9 Å². The van der Waals surface area contributed by atoms with E-state index in [4.69, 9.17) is 0 Å². The molecule has 5 heteroatoms. The van der Waals surface area contributed by atoms with Crippen molar-refractivity contribution in [1.82, 2.24) is 15.3 Å². The second kappa shape index (κ2) is 7.25. The van der Waals surface area contributed by atoms with E-state index in [1.807, 2.05) is 24.3 Å². The van der Waals surface area contributed by atoms with Crippen molar-refractivity contribution in [2.45, 2.75) is 32.7 Å². The Morgan fingerprint density at radius 3 is 2.88 bits per heavy atom. The summed E-state index contributed by atoms with van der Waals surface area (Å²) in [4.78, 5) is 19.7. The third-order valence-corrected chi connectivity index (χ3v) is 3.97. The van der Waals surface area contributed by atoms with E-state index in [-0.39, 0.29) is 11.7 Å². The average Bonchev–Trinajstić information content (AvgIpc) is 2.98. The number of hydrogen-bond acceptors (Lipinski definition) is 2. The quantitative estimate of drug-likeness (QED) is 0.727. The minimum atomic E-state index is -0.226. The topological polar surface area (TPSA) is 57.8 Å². The summed E-state index contributed by atoms with van der Waals surface area (Å²) in [5.41, 5.74) is 3.46. The minimum Gasteiger partial charge on any atom is -0.352 e. The van der Waals surface area contributed by atoms with Crippen LogP contribution in [0.5, 0.6) is 0 Å². The number of halogens is 1. The molecule has 3 aromatic rings. The van der Waals surface area contributed by atoms with E-state index in [9.17, 15) is 9.18 Å². The lowest BCUT2D eigenvalue weighted by molar-refractivity contribution is -0.121. The highest BCUT2D eigenvalue weighted by atomic mass is 19.1. The zero-order valence-corrected chi connectivity index (χ0v) is 13.6. The molecule has 1 amide bonds. The molecule has 2 aromatic carbocycles. The molecule has 4 nitrogen and oxygen atoms in total. The zero-order valence-electron chi connectivity index (χ0n) is 13.6. The normalized spacial score (nSPS) is 10.9. The molecule has 0 radical (unpaired) electrons. The van der Waals surface area contributed by atoms with Crippen molar-refractivity contribution in [2.24, 2.45) is 0 Å². The SMILES string of the molecule is Cc1cc(CNC(=O)CCCc2nc3ccccc3[nH]2)ccc1F. The van der Waals surface area contributed by atoms with Crippen LogP contribution in [-0.4, -0.2) is 15.9 Å². The van der Waals surface area contributed by atoms with E-state index >= 15 is 0 Å². The highest BCUT2D eigenvalue weighted by Crippen LogP contribution is 2.12. The third-order valence-electron chi connectivity index (χ3n) is 3.97. The molecule has 24 heavy (non-hydrogen) atoms. The van der Waals surface area contributed by atoms with Crippen LogP contribution in [0.2, 0.25) is 0 Å². The molecule has 0 spiro atoms. The lowest BCUT2D eigenvalue weighted by atomic mass is 10.1. The number of hydrogen-bond donors (Lipinski definition) is 2. The number of imidazole rings is 1. The van der Waals surface area contributed by atoms with Gasteiger partial charge in [-0.05, 0) is 42.7 Å². The van der Waals surface area contributed by atoms with Gasteiger partial charge in [0.1, 0.15) is 11.6 Å². The first-order valence-corrected chi connectivity index (χ1v) is 8.07. The zero-order chi connectivity index (χ0) is 16.9. The molecule has 0 aliphatic heterocycles. The van der Waals surface area contributed by atoms with E-state index in [1.54, 1.807) is 19.1 Å². The number of fused-ring (bicyclic) bond motifs is 1. The van der Waals surface area contributed by atoms with Crippen LogP contribution < -0.4 is 5.32 Å². The molecule has 0 aliphatic carbocycles. The van der Waals surface area contributed by atoms with Crippen molar-refractivity contribution in [1.29, 1.82) is 0 Å². The molecule has 0 unspecified atom stereocenters. The van der Waals surface area contributed by atoms with Gasteiger partial charge >= 0.3 is 0 Å². The van der Waals surface area contributed by atoms with Crippen LogP contribution in [0.15, 0.2) is 42.5 Å². The number of para-hydroxylation sites is 2. The van der Waals surface area contributed by atoms with Gasteiger partial charge in [0, 0.05) is 19.4 Å². The summed E-state index contributed by atoms with van der Waals surface area (Å²) in [6.45, 7) is 2.14. The van der Waals surface area contributed by atoms with Gasteiger partial charge in [-0.3, -0.25) is 4.79 Å². The molecule has 0 fully saturated rings. The predicted molar refractivity (Wildman–Crippen MR) is 92.0 cm³/mol. The maximum absolute atomic E-state index is 13.2. The Hall–Kier alpha value is -2.69. The summed E-state index contributed by atoms with van der Waals surface area (Å²) >= 11 is 0. The second-order valence-corrected chi connectivity index (χ2v) is 5.91. The van der Waals surface area contributed by atoms with Crippen LogP contribution in [0, 0.1) is 12.7 Å². The van der Waals surface area contributed by atoms with Gasteiger partial charge in [0.25, 0.3) is 0 Å². The van der Waals surface area contributed by atoms with Gasteiger partial charge in [0.15, 0.2) is 0 Å². The minimum absolute atomic E-state index is 0.00640. The number of nitrogens with zero attached hydrogens (tertiary/aromatic N) is 1. The number of benzene rings is 2. The fraction of sp³-hybridized carbons (Fsp3) is 0.263. The number of nitrogens with one attached hydrogen (secondary N) is 2. The Balaban J connectivity index is 1.44. The molecule has 0 saturated heterocycles. The van der Waals surface area contributed by atoms with Gasteiger partial charge in [-0.15, -0.1) is 0 Å². The molecule has 3 rings (SSSR count). The summed E-state index contributed by atoms with van der Waals surface area (Å²) in [7, 11) is 0. The number of H-pyrrole nitrogens is 1. The van der Waals surface area contributed by atoms with Crippen LogP contribution in [0.4, 0.5) is 4.39 Å². The van der Waals surface area contributed by atoms with Crippen LogP contribution in [0.1, 0.15) is 29.8 Å². The van der Waals surface area contributed by atoms with Crippen LogP contribution in [0.3, 0.4) is 0 Å². The first kappa shape index (κ1) is 16.2. The number of aromatic amines is 1. The summed E-state index contributed by atoms with van der Waals surface area (Å²) in [6.07, 6.45) is 1.91. The smallest absolute Gasteiger partial charge is 0.220 e. The maximum Gasteiger partial charge on any atom is 0.220 e. The van der Waals surface area contributed by atoms with E-state index < -0.39 is 0 Å². The molecule has 124 valence electrons. The molecule has 0 bridgehead atoms. The van der Waals surface area contributed by atoms with Crippen molar-refractivity contribution in [3.8, 4) is 0 Å². The van der Waals surface area contributed by atoms with Crippen LogP contribution in [0.25, 0.3) is 11.0 Å². The van der Waals surface area contributed by atoms with E-state index in [0.29, 0.717) is 18.5 Å². The molecule has 1 aromatic heterocycles. The fourth-order valence-electron chi connectivity index (χ4n) is 2.65. The van der Waals surface area contributed by atoms with Gasteiger partial charge < -0.3 is 10.3 Å². The van der Waals surface area contributed by atoms with Crippen LogP contribution >= 0.6 is 0 Å². The summed E-state index contributed by atoms with van der Waals surface area (Å²) in [5, 5.41) is 2.87. The molecule has 1 heterocycles. The standard InChI is InChI=1S/C19H20FN3O/c1-13-11-14(9-10-15(13)20)12-21-19(24)8-4-7-18-22-16-5-2-3-6-17(16)23-18/h2-3,5-6,9-11H,4,7-8,12H2,1H3,(H,21,24)(H,22,23). The molecule has 0 atom stereocenters.